The molecule has 0 aromatic carbocycles. The second kappa shape index (κ2) is 10.8. The fourth-order valence-electron chi connectivity index (χ4n) is 7.58. The Morgan fingerprint density at radius 1 is 1.13 bits per heavy atom. The normalized spacial score (nSPS) is 30.6. The summed E-state index contributed by atoms with van der Waals surface area (Å²) in [7, 11) is 2.09. The number of aromatic nitrogens is 2. The van der Waals surface area contributed by atoms with Crippen molar-refractivity contribution >= 4 is 5.52 Å². The van der Waals surface area contributed by atoms with Crippen molar-refractivity contribution in [1.82, 2.24) is 29.6 Å². The van der Waals surface area contributed by atoms with Crippen molar-refractivity contribution in [3.63, 3.8) is 0 Å². The Morgan fingerprint density at radius 3 is 2.62 bits per heavy atom. The smallest absolute Gasteiger partial charge is 0.381 e. The Bertz CT molecular complexity index is 1220. The van der Waals surface area contributed by atoms with E-state index < -0.39 is 11.7 Å². The van der Waals surface area contributed by atoms with Gasteiger partial charge in [0.15, 0.2) is 0 Å². The molecule has 2 aromatic rings. The third-order valence-corrected chi connectivity index (χ3v) is 9.55. The molecule has 5 atom stereocenters. The van der Waals surface area contributed by atoms with Gasteiger partial charge in [-0.15, -0.1) is 0 Å². The molecule has 39 heavy (non-hydrogen) atoms. The van der Waals surface area contributed by atoms with Crippen molar-refractivity contribution in [2.24, 2.45) is 23.7 Å². The van der Waals surface area contributed by atoms with Crippen LogP contribution in [0.3, 0.4) is 0 Å². The van der Waals surface area contributed by atoms with Crippen LogP contribution < -0.4 is 16.5 Å². The van der Waals surface area contributed by atoms with E-state index in [0.717, 1.165) is 71.5 Å². The molecule has 5 heterocycles. The molecule has 0 spiro atoms. The summed E-state index contributed by atoms with van der Waals surface area (Å²) in [5.74, 6) is 1.66. The van der Waals surface area contributed by atoms with E-state index in [4.69, 9.17) is 4.74 Å². The van der Waals surface area contributed by atoms with E-state index in [0.29, 0.717) is 35.8 Å². The lowest BCUT2D eigenvalue weighted by Crippen LogP contribution is -2.53. The molecule has 4 aliphatic rings. The Balaban J connectivity index is 1.31. The molecule has 216 valence electrons. The largest absolute Gasteiger partial charge is 0.418 e. The van der Waals surface area contributed by atoms with Gasteiger partial charge >= 0.3 is 11.9 Å². The average Bonchev–Trinajstić information content (AvgIpc) is 3.43. The van der Waals surface area contributed by atoms with E-state index in [2.05, 4.69) is 34.6 Å². The van der Waals surface area contributed by atoms with Gasteiger partial charge in [0.25, 0.3) is 0 Å². The van der Waals surface area contributed by atoms with Crippen LogP contribution in [0, 0.1) is 23.7 Å². The molecule has 0 amide bonds. The highest BCUT2D eigenvalue weighted by atomic mass is 19.4. The first-order valence-corrected chi connectivity index (χ1v) is 14.5. The van der Waals surface area contributed by atoms with Crippen LogP contribution in [0.5, 0.6) is 0 Å². The first-order chi connectivity index (χ1) is 18.7. The number of hydrazine groups is 1. The number of rotatable bonds is 6. The summed E-state index contributed by atoms with van der Waals surface area (Å²) in [6, 6.07) is 1.13. The van der Waals surface area contributed by atoms with Gasteiger partial charge in [0.1, 0.15) is 0 Å². The van der Waals surface area contributed by atoms with Crippen LogP contribution >= 0.6 is 0 Å². The Labute approximate surface area is 227 Å². The second-order valence-corrected chi connectivity index (χ2v) is 12.5. The van der Waals surface area contributed by atoms with Gasteiger partial charge in [-0.2, -0.15) is 13.2 Å². The van der Waals surface area contributed by atoms with Gasteiger partial charge in [-0.05, 0) is 75.1 Å². The van der Waals surface area contributed by atoms with Crippen LogP contribution in [0.4, 0.5) is 13.2 Å². The van der Waals surface area contributed by atoms with Gasteiger partial charge < -0.3 is 4.74 Å². The zero-order valence-corrected chi connectivity index (χ0v) is 22.9. The minimum Gasteiger partial charge on any atom is -0.381 e. The van der Waals surface area contributed by atoms with Crippen molar-refractivity contribution in [3.05, 3.63) is 40.1 Å². The summed E-state index contributed by atoms with van der Waals surface area (Å²) >= 11 is 0. The van der Waals surface area contributed by atoms with Crippen molar-refractivity contribution < 1.29 is 17.9 Å². The lowest BCUT2D eigenvalue weighted by molar-refractivity contribution is -0.136. The van der Waals surface area contributed by atoms with Crippen LogP contribution in [-0.2, 0) is 17.5 Å². The topological polar surface area (TPSA) is 66.2 Å². The lowest BCUT2D eigenvalue weighted by atomic mass is 9.70. The molecule has 8 nitrogen and oxygen atoms in total. The quantitative estimate of drug-likeness (QED) is 0.573. The molecule has 2 aromatic heterocycles. The fourth-order valence-corrected chi connectivity index (χ4v) is 7.58. The molecule has 0 radical (unpaired) electrons. The molecule has 1 aliphatic carbocycles. The van der Waals surface area contributed by atoms with Gasteiger partial charge in [0.05, 0.1) is 37.1 Å². The van der Waals surface area contributed by atoms with E-state index in [1.807, 2.05) is 0 Å². The van der Waals surface area contributed by atoms with E-state index in [-0.39, 0.29) is 23.4 Å². The maximum atomic E-state index is 14.3. The van der Waals surface area contributed by atoms with Crippen molar-refractivity contribution in [3.8, 4) is 0 Å². The molecule has 3 unspecified atom stereocenters. The second-order valence-electron chi connectivity index (χ2n) is 12.5. The molecular weight excluding hydrogens is 509 g/mol. The van der Waals surface area contributed by atoms with Crippen molar-refractivity contribution in [2.75, 3.05) is 40.0 Å². The summed E-state index contributed by atoms with van der Waals surface area (Å²) in [6.45, 7) is 6.58. The van der Waals surface area contributed by atoms with E-state index in [1.54, 1.807) is 10.8 Å². The van der Waals surface area contributed by atoms with Gasteiger partial charge in [-0.25, -0.2) is 15.6 Å². The predicted molar refractivity (Wildman–Crippen MR) is 142 cm³/mol. The molecule has 4 fully saturated rings. The summed E-state index contributed by atoms with van der Waals surface area (Å²) in [6.07, 6.45) is 4.52. The average molecular weight is 551 g/mol. The zero-order chi connectivity index (χ0) is 27.3. The Morgan fingerprint density at radius 2 is 1.95 bits per heavy atom. The maximum absolute atomic E-state index is 14.3. The highest BCUT2D eigenvalue weighted by Crippen LogP contribution is 2.43. The van der Waals surface area contributed by atoms with Gasteiger partial charge in [0.2, 0.25) is 0 Å². The number of nitrogens with one attached hydrogen (secondary N) is 2. The molecular formula is C28H41F3N6O2. The van der Waals surface area contributed by atoms with Crippen molar-refractivity contribution in [1.29, 1.82) is 0 Å². The van der Waals surface area contributed by atoms with Crippen LogP contribution in [0.15, 0.2) is 23.3 Å². The summed E-state index contributed by atoms with van der Waals surface area (Å²) in [5.41, 5.74) is 6.07. The molecule has 3 saturated heterocycles. The fraction of sp³-hybridized carbons (Fsp3) is 0.750. The lowest BCUT2D eigenvalue weighted by Gasteiger charge is -2.45. The summed E-state index contributed by atoms with van der Waals surface area (Å²) in [5, 5.41) is 0. The SMILES string of the molecule is C[C@H]1CCCN(Cc2cc(C(F)(F)F)c3cn(C4CCCC([C@@H](C5COC5)C5NNCN5C)C4)c(=O)n3c2)C1. The third kappa shape index (κ3) is 5.40. The van der Waals surface area contributed by atoms with Gasteiger partial charge in [-0.1, -0.05) is 13.3 Å². The number of piperidine rings is 1. The van der Waals surface area contributed by atoms with Crippen molar-refractivity contribution in [2.45, 2.75) is 70.4 Å². The van der Waals surface area contributed by atoms with Crippen LogP contribution in [-0.4, -0.2) is 65.0 Å². The number of halogens is 3. The highest BCUT2D eigenvalue weighted by molar-refractivity contribution is 5.56. The van der Waals surface area contributed by atoms with Gasteiger partial charge in [0, 0.05) is 37.4 Å². The first kappa shape index (κ1) is 27.3. The third-order valence-electron chi connectivity index (χ3n) is 9.55. The van der Waals surface area contributed by atoms with E-state index in [9.17, 15) is 18.0 Å². The number of nitrogens with zero attached hydrogens (tertiary/aromatic N) is 4. The number of hydrogen-bond acceptors (Lipinski definition) is 6. The molecule has 2 N–H and O–H groups in total. The minimum atomic E-state index is -4.54. The number of imidazole rings is 1. The Hall–Kier alpha value is -1.92. The minimum absolute atomic E-state index is 0.0456. The highest BCUT2D eigenvalue weighted by Gasteiger charge is 2.44. The van der Waals surface area contributed by atoms with E-state index in [1.165, 1.54) is 16.7 Å². The number of ether oxygens (including phenoxy) is 1. The number of likely N-dealkylation sites (tertiary alicyclic amines) is 1. The summed E-state index contributed by atoms with van der Waals surface area (Å²) in [4.78, 5) is 18.2. The number of hydrogen-bond donors (Lipinski definition) is 2. The molecule has 3 aliphatic heterocycles. The molecule has 6 rings (SSSR count). The van der Waals surface area contributed by atoms with Gasteiger partial charge in [-0.3, -0.25) is 18.8 Å². The number of pyridine rings is 1. The van der Waals surface area contributed by atoms with Crippen LogP contribution in [0.25, 0.3) is 5.52 Å². The van der Waals surface area contributed by atoms with Crippen LogP contribution in [0.2, 0.25) is 0 Å². The number of alkyl halides is 3. The molecule has 0 bridgehead atoms. The number of fused-ring (bicyclic) bond motifs is 1. The summed E-state index contributed by atoms with van der Waals surface area (Å²) < 4.78 is 51.2. The monoisotopic (exact) mass is 550 g/mol. The maximum Gasteiger partial charge on any atom is 0.418 e. The molecule has 1 saturated carbocycles. The first-order valence-electron chi connectivity index (χ1n) is 14.5. The predicted octanol–water partition coefficient (Wildman–Crippen LogP) is 3.67. The molecule has 11 heteroatoms. The van der Waals surface area contributed by atoms with Crippen LogP contribution in [0.1, 0.15) is 62.6 Å². The zero-order valence-electron chi connectivity index (χ0n) is 22.9. The Kier molecular flexibility index (Phi) is 7.56. The standard InChI is InChI=1S/C28H41F3N6O2/c1-18-5-4-8-35(11-18)12-19-9-23(28(29,30)31)24-14-36(27(38)37(24)13-19)22-7-3-6-20(10-22)25(21-15-39-16-21)26-33-32-17-34(26)2/h9,13-14,18,20-22,25-26,32-33H,3-8,10-12,15-17H2,1-2H3/t18-,20?,22?,25-,26?/m0/s1. The van der Waals surface area contributed by atoms with E-state index >= 15 is 0 Å².